The summed E-state index contributed by atoms with van der Waals surface area (Å²) in [5.41, 5.74) is 1.01. The minimum absolute atomic E-state index is 0.335. The van der Waals surface area contributed by atoms with Gasteiger partial charge in [-0.3, -0.25) is 9.97 Å². The van der Waals surface area contributed by atoms with Gasteiger partial charge in [0.05, 0.1) is 10.6 Å². The zero-order valence-electron chi connectivity index (χ0n) is 11.8. The van der Waals surface area contributed by atoms with Gasteiger partial charge in [-0.25, -0.2) is 14.0 Å². The Morgan fingerprint density at radius 1 is 1.18 bits per heavy atom. The molecule has 22 heavy (non-hydrogen) atoms. The quantitative estimate of drug-likeness (QED) is 0.786. The van der Waals surface area contributed by atoms with Gasteiger partial charge in [-0.05, 0) is 30.5 Å². The maximum absolute atomic E-state index is 12.3. The lowest BCUT2D eigenvalue weighted by molar-refractivity contribution is 0.679. The number of hydrogen-bond donors (Lipinski definition) is 1. The summed E-state index contributed by atoms with van der Waals surface area (Å²) in [5.74, 6) is 0.335. The Balaban J connectivity index is 2.07. The highest BCUT2D eigenvalue weighted by Gasteiger charge is 2.26. The van der Waals surface area contributed by atoms with Crippen LogP contribution in [0.4, 0.5) is 0 Å². The number of aromatic amines is 1. The Bertz CT molecular complexity index is 936. The third-order valence-corrected chi connectivity index (χ3v) is 5.26. The molecule has 0 spiro atoms. The second-order valence-corrected chi connectivity index (χ2v) is 6.48. The van der Waals surface area contributed by atoms with Crippen LogP contribution >= 0.6 is 11.3 Å². The average molecular weight is 314 g/mol. The fourth-order valence-electron chi connectivity index (χ4n) is 3.20. The predicted molar refractivity (Wildman–Crippen MR) is 84.4 cm³/mol. The highest BCUT2D eigenvalue weighted by atomic mass is 32.1. The van der Waals surface area contributed by atoms with E-state index in [1.807, 2.05) is 12.1 Å². The molecule has 0 aliphatic heterocycles. The number of rotatable bonds is 2. The Labute approximate surface area is 129 Å². The van der Waals surface area contributed by atoms with Crippen molar-refractivity contribution in [2.24, 2.45) is 0 Å². The first-order valence-corrected chi connectivity index (χ1v) is 8.12. The fraction of sp³-hybridized carbons (Fsp3) is 0.333. The zero-order chi connectivity index (χ0) is 15.1. The summed E-state index contributed by atoms with van der Waals surface area (Å²) < 4.78 is 1.58. The molecule has 1 fully saturated rings. The van der Waals surface area contributed by atoms with Crippen LogP contribution in [0.1, 0.15) is 37.3 Å². The summed E-state index contributed by atoms with van der Waals surface area (Å²) in [5, 5.41) is 0. The van der Waals surface area contributed by atoms with E-state index in [4.69, 9.17) is 0 Å². The molecule has 0 radical (unpaired) electrons. The highest BCUT2D eigenvalue weighted by Crippen LogP contribution is 2.42. The van der Waals surface area contributed by atoms with Crippen LogP contribution in [0.3, 0.4) is 0 Å². The van der Waals surface area contributed by atoms with Gasteiger partial charge in [-0.2, -0.15) is 4.98 Å². The van der Waals surface area contributed by atoms with Gasteiger partial charge in [0.2, 0.25) is 4.96 Å². The van der Waals surface area contributed by atoms with Crippen LogP contribution in [0, 0.1) is 0 Å². The van der Waals surface area contributed by atoms with Gasteiger partial charge in [0.15, 0.2) is 0 Å². The van der Waals surface area contributed by atoms with Crippen molar-refractivity contribution in [2.45, 2.75) is 31.6 Å². The third-order valence-electron chi connectivity index (χ3n) is 4.16. The van der Waals surface area contributed by atoms with E-state index in [1.165, 1.54) is 24.2 Å². The summed E-state index contributed by atoms with van der Waals surface area (Å²) >= 11 is 1.40. The Morgan fingerprint density at radius 3 is 2.64 bits per heavy atom. The van der Waals surface area contributed by atoms with Crippen molar-refractivity contribution in [2.75, 3.05) is 0 Å². The predicted octanol–water partition coefficient (Wildman–Crippen LogP) is 2.16. The molecule has 6 nitrogen and oxygen atoms in total. The SMILES string of the molecule is O=c1nc2sc(-c3ccncc3)c(C3CCCC3)n2c(=O)[nH]1. The lowest BCUT2D eigenvalue weighted by atomic mass is 10.0. The summed E-state index contributed by atoms with van der Waals surface area (Å²) in [7, 11) is 0. The molecule has 3 heterocycles. The van der Waals surface area contributed by atoms with E-state index in [1.54, 1.807) is 16.8 Å². The first-order chi connectivity index (χ1) is 10.7. The topological polar surface area (TPSA) is 80.1 Å². The van der Waals surface area contributed by atoms with E-state index >= 15 is 0 Å². The minimum atomic E-state index is -0.592. The first-order valence-electron chi connectivity index (χ1n) is 7.30. The summed E-state index contributed by atoms with van der Waals surface area (Å²) in [4.78, 5) is 35.5. The van der Waals surface area contributed by atoms with E-state index in [0.29, 0.717) is 10.9 Å². The van der Waals surface area contributed by atoms with Crippen LogP contribution in [-0.2, 0) is 0 Å². The number of H-pyrrole nitrogens is 1. The molecule has 0 unspecified atom stereocenters. The average Bonchev–Trinajstić information content (AvgIpc) is 3.14. The summed E-state index contributed by atoms with van der Waals surface area (Å²) in [6.07, 6.45) is 7.94. The number of hydrogen-bond acceptors (Lipinski definition) is 5. The molecule has 1 aliphatic rings. The van der Waals surface area contributed by atoms with Crippen LogP contribution in [0.25, 0.3) is 15.4 Å². The standard InChI is InChI=1S/C15H14N4O2S/c20-13-17-14(21)19-11(9-3-1-2-4-9)12(22-15(19)18-13)10-5-7-16-8-6-10/h5-9H,1-4H2,(H,17,20,21). The van der Waals surface area contributed by atoms with Crippen molar-refractivity contribution in [3.05, 3.63) is 51.2 Å². The Kier molecular flexibility index (Phi) is 3.15. The van der Waals surface area contributed by atoms with Gasteiger partial charge >= 0.3 is 11.4 Å². The van der Waals surface area contributed by atoms with Gasteiger partial charge in [-0.15, -0.1) is 0 Å². The van der Waals surface area contributed by atoms with Crippen molar-refractivity contribution >= 4 is 16.3 Å². The molecule has 3 aromatic heterocycles. The number of fused-ring (bicyclic) bond motifs is 1. The molecule has 1 N–H and O–H groups in total. The molecule has 0 saturated heterocycles. The van der Waals surface area contributed by atoms with Crippen LogP contribution < -0.4 is 11.4 Å². The third kappa shape index (κ3) is 2.09. The maximum atomic E-state index is 12.3. The second-order valence-electron chi connectivity index (χ2n) is 5.50. The first kappa shape index (κ1) is 13.4. The number of pyridine rings is 1. The number of nitrogens with one attached hydrogen (secondary N) is 1. The van der Waals surface area contributed by atoms with Crippen LogP contribution in [0.2, 0.25) is 0 Å². The molecule has 1 saturated carbocycles. The van der Waals surface area contributed by atoms with Crippen molar-refractivity contribution in [3.63, 3.8) is 0 Å². The van der Waals surface area contributed by atoms with Crippen LogP contribution in [0.15, 0.2) is 34.1 Å². The molecule has 0 amide bonds. The Hall–Kier alpha value is -2.28. The monoisotopic (exact) mass is 314 g/mol. The molecule has 0 aromatic carbocycles. The zero-order valence-corrected chi connectivity index (χ0v) is 12.6. The van der Waals surface area contributed by atoms with Crippen molar-refractivity contribution in [3.8, 4) is 10.4 Å². The van der Waals surface area contributed by atoms with E-state index in [0.717, 1.165) is 29.0 Å². The lowest BCUT2D eigenvalue weighted by Crippen LogP contribution is -2.28. The molecular formula is C15H14N4O2S. The molecule has 112 valence electrons. The van der Waals surface area contributed by atoms with E-state index in [2.05, 4.69) is 15.0 Å². The van der Waals surface area contributed by atoms with Crippen molar-refractivity contribution < 1.29 is 0 Å². The lowest BCUT2D eigenvalue weighted by Gasteiger charge is -2.11. The largest absolute Gasteiger partial charge is 0.351 e. The van der Waals surface area contributed by atoms with Gasteiger partial charge in [0.25, 0.3) is 0 Å². The summed E-state index contributed by atoms with van der Waals surface area (Å²) in [6, 6.07) is 3.85. The molecule has 7 heteroatoms. The Morgan fingerprint density at radius 2 is 1.91 bits per heavy atom. The number of thiazole rings is 1. The molecular weight excluding hydrogens is 300 g/mol. The fourth-order valence-corrected chi connectivity index (χ4v) is 4.40. The highest BCUT2D eigenvalue weighted by molar-refractivity contribution is 7.20. The van der Waals surface area contributed by atoms with Gasteiger partial charge < -0.3 is 0 Å². The number of nitrogens with zero attached hydrogens (tertiary/aromatic N) is 3. The summed E-state index contributed by atoms with van der Waals surface area (Å²) in [6.45, 7) is 0. The van der Waals surface area contributed by atoms with E-state index in [9.17, 15) is 9.59 Å². The minimum Gasteiger partial charge on any atom is -0.265 e. The maximum Gasteiger partial charge on any atom is 0.351 e. The smallest absolute Gasteiger partial charge is 0.265 e. The molecule has 0 bridgehead atoms. The van der Waals surface area contributed by atoms with E-state index in [-0.39, 0.29) is 0 Å². The normalized spacial score (nSPS) is 15.6. The van der Waals surface area contributed by atoms with Crippen LogP contribution in [-0.4, -0.2) is 19.4 Å². The van der Waals surface area contributed by atoms with Crippen molar-refractivity contribution in [1.82, 2.24) is 19.4 Å². The second kappa shape index (κ2) is 5.17. The molecule has 0 atom stereocenters. The van der Waals surface area contributed by atoms with E-state index < -0.39 is 11.4 Å². The van der Waals surface area contributed by atoms with Crippen LogP contribution in [0.5, 0.6) is 0 Å². The number of aromatic nitrogens is 4. The molecule has 1 aliphatic carbocycles. The molecule has 3 aromatic rings. The van der Waals surface area contributed by atoms with Crippen molar-refractivity contribution in [1.29, 1.82) is 0 Å². The van der Waals surface area contributed by atoms with Gasteiger partial charge in [-0.1, -0.05) is 24.2 Å². The van der Waals surface area contributed by atoms with Gasteiger partial charge in [0.1, 0.15) is 0 Å². The van der Waals surface area contributed by atoms with Gasteiger partial charge in [0, 0.05) is 18.3 Å². The molecule has 4 rings (SSSR count).